The summed E-state index contributed by atoms with van der Waals surface area (Å²) in [6.07, 6.45) is 7.64. The minimum Gasteiger partial charge on any atom is -0.393 e. The summed E-state index contributed by atoms with van der Waals surface area (Å²) in [7, 11) is 0. The molecule has 2 fully saturated rings. The van der Waals surface area contributed by atoms with Crippen molar-refractivity contribution in [3.63, 3.8) is 0 Å². The lowest BCUT2D eigenvalue weighted by atomic mass is 10.0. The largest absolute Gasteiger partial charge is 0.393 e. The molecule has 0 bridgehead atoms. The van der Waals surface area contributed by atoms with Gasteiger partial charge in [0.15, 0.2) is 0 Å². The molecule has 2 heterocycles. The van der Waals surface area contributed by atoms with Crippen LogP contribution >= 0.6 is 0 Å². The lowest BCUT2D eigenvalue weighted by Gasteiger charge is -2.30. The number of carbonyl (C=O) groups excluding carboxylic acids is 1. The van der Waals surface area contributed by atoms with Crippen LogP contribution in [0.15, 0.2) is 12.2 Å². The maximum Gasteiger partial charge on any atom is 0.246 e. The zero-order valence-corrected chi connectivity index (χ0v) is 11.9. The van der Waals surface area contributed by atoms with Crippen LogP contribution in [-0.2, 0) is 4.79 Å². The zero-order chi connectivity index (χ0) is 13.7. The summed E-state index contributed by atoms with van der Waals surface area (Å²) >= 11 is 0. The first-order valence-electron chi connectivity index (χ1n) is 7.51. The van der Waals surface area contributed by atoms with Crippen molar-refractivity contribution in [1.29, 1.82) is 0 Å². The molecular weight excluding hydrogens is 240 g/mol. The van der Waals surface area contributed by atoms with Crippen LogP contribution in [-0.4, -0.2) is 59.6 Å². The Kier molecular flexibility index (Phi) is 5.40. The van der Waals surface area contributed by atoms with Gasteiger partial charge in [-0.05, 0) is 31.6 Å². The second kappa shape index (κ2) is 7.06. The van der Waals surface area contributed by atoms with Gasteiger partial charge in [0, 0.05) is 38.8 Å². The molecule has 2 aliphatic heterocycles. The highest BCUT2D eigenvalue weighted by molar-refractivity contribution is 5.87. The maximum atomic E-state index is 12.0. The van der Waals surface area contributed by atoms with Crippen molar-refractivity contribution in [2.24, 2.45) is 5.92 Å². The van der Waals surface area contributed by atoms with Gasteiger partial charge in [0.05, 0.1) is 6.10 Å². The van der Waals surface area contributed by atoms with Gasteiger partial charge in [0.2, 0.25) is 5.91 Å². The third-order valence-corrected chi connectivity index (χ3v) is 4.15. The van der Waals surface area contributed by atoms with Gasteiger partial charge in [-0.2, -0.15) is 0 Å². The van der Waals surface area contributed by atoms with E-state index in [0.717, 1.165) is 52.0 Å². The maximum absolute atomic E-state index is 12.0. The van der Waals surface area contributed by atoms with Gasteiger partial charge in [-0.15, -0.1) is 0 Å². The molecule has 0 aliphatic carbocycles. The number of aliphatic hydroxyl groups excluding tert-OH is 1. The van der Waals surface area contributed by atoms with Crippen LogP contribution < -0.4 is 0 Å². The zero-order valence-electron chi connectivity index (χ0n) is 11.9. The van der Waals surface area contributed by atoms with E-state index < -0.39 is 0 Å². The molecule has 0 saturated carbocycles. The summed E-state index contributed by atoms with van der Waals surface area (Å²) in [6, 6.07) is 0. The minimum atomic E-state index is -0.128. The molecular formula is C15H26N2O2. The third-order valence-electron chi connectivity index (χ3n) is 4.15. The van der Waals surface area contributed by atoms with Gasteiger partial charge in [0.25, 0.3) is 0 Å². The average molecular weight is 266 g/mol. The number of amides is 1. The van der Waals surface area contributed by atoms with Gasteiger partial charge >= 0.3 is 0 Å². The van der Waals surface area contributed by atoms with Crippen LogP contribution in [0.1, 0.15) is 32.6 Å². The molecule has 0 radical (unpaired) electrons. The summed E-state index contributed by atoms with van der Waals surface area (Å²) in [6.45, 7) is 6.70. The molecule has 2 saturated heterocycles. The van der Waals surface area contributed by atoms with Gasteiger partial charge in [-0.1, -0.05) is 13.0 Å². The molecule has 0 spiro atoms. The number of carbonyl (C=O) groups is 1. The Bertz CT molecular complexity index is 322. The summed E-state index contributed by atoms with van der Waals surface area (Å²) in [5, 5.41) is 9.43. The van der Waals surface area contributed by atoms with Crippen LogP contribution in [0.3, 0.4) is 0 Å². The lowest BCUT2D eigenvalue weighted by Crippen LogP contribution is -2.38. The first-order valence-corrected chi connectivity index (χ1v) is 7.51. The highest BCUT2D eigenvalue weighted by Crippen LogP contribution is 2.15. The molecule has 108 valence electrons. The standard InChI is InChI=1S/C15H26N2O2/c1-13-4-2-9-17(12-13)15(19)5-3-8-16-10-6-14(18)7-11-16/h3,5,13-14,18H,2,4,6-12H2,1H3/b5-3+. The van der Waals surface area contributed by atoms with Crippen LogP contribution in [0.2, 0.25) is 0 Å². The fourth-order valence-corrected chi connectivity index (χ4v) is 2.90. The van der Waals surface area contributed by atoms with Crippen LogP contribution in [0, 0.1) is 5.92 Å². The first-order chi connectivity index (χ1) is 9.15. The highest BCUT2D eigenvalue weighted by atomic mass is 16.3. The van der Waals surface area contributed by atoms with Gasteiger partial charge in [-0.25, -0.2) is 0 Å². The van der Waals surface area contributed by atoms with E-state index in [4.69, 9.17) is 0 Å². The van der Waals surface area contributed by atoms with E-state index >= 15 is 0 Å². The highest BCUT2D eigenvalue weighted by Gasteiger charge is 2.19. The number of hydrogen-bond donors (Lipinski definition) is 1. The second-order valence-electron chi connectivity index (χ2n) is 5.97. The molecule has 1 atom stereocenters. The van der Waals surface area contributed by atoms with Crippen LogP contribution in [0.5, 0.6) is 0 Å². The summed E-state index contributed by atoms with van der Waals surface area (Å²) < 4.78 is 0. The van der Waals surface area contributed by atoms with Gasteiger partial charge < -0.3 is 10.0 Å². The quantitative estimate of drug-likeness (QED) is 0.782. The van der Waals surface area contributed by atoms with Crippen molar-refractivity contribution >= 4 is 5.91 Å². The van der Waals surface area contributed by atoms with Crippen LogP contribution in [0.25, 0.3) is 0 Å². The Morgan fingerprint density at radius 1 is 1.26 bits per heavy atom. The van der Waals surface area contributed by atoms with E-state index in [2.05, 4.69) is 11.8 Å². The predicted octanol–water partition coefficient (Wildman–Crippen LogP) is 1.26. The van der Waals surface area contributed by atoms with Crippen molar-refractivity contribution in [3.05, 3.63) is 12.2 Å². The Balaban J connectivity index is 1.71. The average Bonchev–Trinajstić information content (AvgIpc) is 2.41. The summed E-state index contributed by atoms with van der Waals surface area (Å²) in [5.74, 6) is 0.790. The Labute approximate surface area is 116 Å². The molecule has 0 aromatic rings. The topological polar surface area (TPSA) is 43.8 Å². The Morgan fingerprint density at radius 3 is 2.68 bits per heavy atom. The fourth-order valence-electron chi connectivity index (χ4n) is 2.90. The monoisotopic (exact) mass is 266 g/mol. The second-order valence-corrected chi connectivity index (χ2v) is 5.97. The molecule has 19 heavy (non-hydrogen) atoms. The molecule has 0 aromatic carbocycles. The van der Waals surface area contributed by atoms with Crippen molar-refractivity contribution < 1.29 is 9.90 Å². The minimum absolute atomic E-state index is 0.128. The van der Waals surface area contributed by atoms with Gasteiger partial charge in [-0.3, -0.25) is 9.69 Å². The van der Waals surface area contributed by atoms with E-state index in [0.29, 0.717) is 5.92 Å². The number of hydrogen-bond acceptors (Lipinski definition) is 3. The Morgan fingerprint density at radius 2 is 2.00 bits per heavy atom. The number of piperidine rings is 2. The molecule has 2 aliphatic rings. The molecule has 4 heteroatoms. The smallest absolute Gasteiger partial charge is 0.246 e. The SMILES string of the molecule is CC1CCCN(C(=O)/C=C/CN2CCC(O)CC2)C1. The molecule has 1 unspecified atom stereocenters. The molecule has 2 rings (SSSR count). The van der Waals surface area contributed by atoms with E-state index in [9.17, 15) is 9.90 Å². The fraction of sp³-hybridized carbons (Fsp3) is 0.800. The van der Waals surface area contributed by atoms with E-state index in [1.54, 1.807) is 6.08 Å². The Hall–Kier alpha value is -0.870. The molecule has 1 N–H and O–H groups in total. The van der Waals surface area contributed by atoms with Crippen molar-refractivity contribution in [2.45, 2.75) is 38.7 Å². The van der Waals surface area contributed by atoms with Gasteiger partial charge in [0.1, 0.15) is 0 Å². The van der Waals surface area contributed by atoms with E-state index in [1.807, 2.05) is 11.0 Å². The number of likely N-dealkylation sites (tertiary alicyclic amines) is 2. The predicted molar refractivity (Wildman–Crippen MR) is 75.8 cm³/mol. The van der Waals surface area contributed by atoms with Crippen molar-refractivity contribution in [3.8, 4) is 0 Å². The molecule has 0 aromatic heterocycles. The number of rotatable bonds is 3. The molecule has 4 nitrogen and oxygen atoms in total. The van der Waals surface area contributed by atoms with E-state index in [-0.39, 0.29) is 12.0 Å². The van der Waals surface area contributed by atoms with E-state index in [1.165, 1.54) is 6.42 Å². The summed E-state index contributed by atoms with van der Waals surface area (Å²) in [4.78, 5) is 16.3. The first kappa shape index (κ1) is 14.5. The normalized spacial score (nSPS) is 27.1. The third kappa shape index (κ3) is 4.62. The van der Waals surface area contributed by atoms with Crippen molar-refractivity contribution in [1.82, 2.24) is 9.80 Å². The van der Waals surface area contributed by atoms with Crippen LogP contribution in [0.4, 0.5) is 0 Å². The molecule has 1 amide bonds. The summed E-state index contributed by atoms with van der Waals surface area (Å²) in [5.41, 5.74) is 0. The lowest BCUT2D eigenvalue weighted by molar-refractivity contribution is -0.127. The van der Waals surface area contributed by atoms with Crippen molar-refractivity contribution in [2.75, 3.05) is 32.7 Å². The number of nitrogens with zero attached hydrogens (tertiary/aromatic N) is 2. The number of aliphatic hydroxyl groups is 1.